The molecule has 0 aliphatic rings. The molecule has 0 amide bonds. The number of methoxy groups -OCH3 is 1. The second kappa shape index (κ2) is 10.6. The number of hydrazone groups is 1. The lowest BCUT2D eigenvalue weighted by Gasteiger charge is -2.13. The summed E-state index contributed by atoms with van der Waals surface area (Å²) >= 11 is 23.3. The molecule has 144 valence electrons. The number of rotatable bonds is 7. The fraction of sp³-hybridized carbons (Fsp3) is 0.222. The van der Waals surface area contributed by atoms with E-state index in [2.05, 4.69) is 15.8 Å². The SMILES string of the molecule is CCNC(=S)NN=Cc1cc(Cl)c(OCc2ccc(Cl)c(Cl)c2)c(OC)c1. The van der Waals surface area contributed by atoms with Crippen LogP contribution in [-0.4, -0.2) is 25.0 Å². The Bertz CT molecular complexity index is 847. The van der Waals surface area contributed by atoms with E-state index in [0.29, 0.717) is 38.2 Å². The quantitative estimate of drug-likeness (QED) is 0.354. The van der Waals surface area contributed by atoms with E-state index in [4.69, 9.17) is 56.5 Å². The molecule has 0 bridgehead atoms. The van der Waals surface area contributed by atoms with Crippen molar-refractivity contribution in [2.75, 3.05) is 13.7 Å². The van der Waals surface area contributed by atoms with Crippen molar-refractivity contribution >= 4 is 58.3 Å². The largest absolute Gasteiger partial charge is 0.493 e. The van der Waals surface area contributed by atoms with Crippen molar-refractivity contribution < 1.29 is 9.47 Å². The second-order valence-electron chi connectivity index (χ2n) is 5.30. The van der Waals surface area contributed by atoms with Crippen LogP contribution >= 0.6 is 47.0 Å². The number of hydrogen-bond donors (Lipinski definition) is 2. The van der Waals surface area contributed by atoms with E-state index in [1.54, 1.807) is 30.5 Å². The fourth-order valence-electron chi connectivity index (χ4n) is 2.10. The smallest absolute Gasteiger partial charge is 0.186 e. The minimum absolute atomic E-state index is 0.263. The van der Waals surface area contributed by atoms with Crippen LogP contribution in [0.1, 0.15) is 18.1 Å². The van der Waals surface area contributed by atoms with Gasteiger partial charge in [0.25, 0.3) is 0 Å². The summed E-state index contributed by atoms with van der Waals surface area (Å²) in [5.74, 6) is 0.914. The van der Waals surface area contributed by atoms with Crippen molar-refractivity contribution in [2.24, 2.45) is 5.10 Å². The molecule has 0 saturated heterocycles. The summed E-state index contributed by atoms with van der Waals surface area (Å²) in [5, 5.41) is 8.77. The number of hydrogen-bond acceptors (Lipinski definition) is 4. The molecule has 0 heterocycles. The zero-order chi connectivity index (χ0) is 19.8. The molecular formula is C18H18Cl3N3O2S. The lowest BCUT2D eigenvalue weighted by atomic mass is 10.2. The molecule has 0 radical (unpaired) electrons. The third-order valence-corrected chi connectivity index (χ3v) is 4.59. The maximum Gasteiger partial charge on any atom is 0.186 e. The standard InChI is InChI=1S/C18H18Cl3N3O2S/c1-3-22-18(27)24-23-9-12-7-15(21)17(16(8-12)25-2)26-10-11-4-5-13(19)14(20)6-11/h4-9H,3,10H2,1-2H3,(H2,22,24,27). The Kier molecular flexibility index (Phi) is 8.44. The number of nitrogens with zero attached hydrogens (tertiary/aromatic N) is 1. The van der Waals surface area contributed by atoms with E-state index in [0.717, 1.165) is 11.1 Å². The van der Waals surface area contributed by atoms with Gasteiger partial charge in [0.2, 0.25) is 0 Å². The van der Waals surface area contributed by atoms with Crippen LogP contribution < -0.4 is 20.2 Å². The van der Waals surface area contributed by atoms with Crippen molar-refractivity contribution in [3.8, 4) is 11.5 Å². The van der Waals surface area contributed by atoms with Crippen LogP contribution in [0, 0.1) is 0 Å². The topological polar surface area (TPSA) is 54.9 Å². The fourth-order valence-corrected chi connectivity index (χ4v) is 2.90. The number of ether oxygens (including phenoxy) is 2. The molecule has 27 heavy (non-hydrogen) atoms. The van der Waals surface area contributed by atoms with E-state index in [9.17, 15) is 0 Å². The van der Waals surface area contributed by atoms with Crippen LogP contribution in [0.25, 0.3) is 0 Å². The van der Waals surface area contributed by atoms with Crippen LogP contribution in [0.5, 0.6) is 11.5 Å². The average Bonchev–Trinajstić information content (AvgIpc) is 2.63. The van der Waals surface area contributed by atoms with Gasteiger partial charge in [-0.1, -0.05) is 40.9 Å². The zero-order valence-electron chi connectivity index (χ0n) is 14.7. The van der Waals surface area contributed by atoms with Crippen molar-refractivity contribution in [2.45, 2.75) is 13.5 Å². The first-order valence-electron chi connectivity index (χ1n) is 7.95. The van der Waals surface area contributed by atoms with Gasteiger partial charge in [0.1, 0.15) is 6.61 Å². The highest BCUT2D eigenvalue weighted by atomic mass is 35.5. The molecular weight excluding hydrogens is 429 g/mol. The highest BCUT2D eigenvalue weighted by Gasteiger charge is 2.12. The summed E-state index contributed by atoms with van der Waals surface area (Å²) in [4.78, 5) is 0. The number of thiocarbonyl (C=S) groups is 1. The Labute approximate surface area is 178 Å². The summed E-state index contributed by atoms with van der Waals surface area (Å²) in [6.45, 7) is 2.92. The molecule has 0 spiro atoms. The van der Waals surface area contributed by atoms with E-state index in [-0.39, 0.29) is 6.61 Å². The van der Waals surface area contributed by atoms with E-state index in [1.807, 2.05) is 13.0 Å². The van der Waals surface area contributed by atoms with Gasteiger partial charge in [0, 0.05) is 6.54 Å². The van der Waals surface area contributed by atoms with Crippen molar-refractivity contribution in [3.63, 3.8) is 0 Å². The van der Waals surface area contributed by atoms with Gasteiger partial charge in [-0.05, 0) is 54.5 Å². The van der Waals surface area contributed by atoms with E-state index in [1.165, 1.54) is 7.11 Å². The Morgan fingerprint density at radius 3 is 2.59 bits per heavy atom. The Balaban J connectivity index is 2.11. The predicted octanol–water partition coefficient (Wildman–Crippen LogP) is 5.05. The van der Waals surface area contributed by atoms with Crippen molar-refractivity contribution in [3.05, 3.63) is 56.5 Å². The molecule has 0 unspecified atom stereocenters. The first kappa shape index (κ1) is 21.6. The normalized spacial score (nSPS) is 10.7. The van der Waals surface area contributed by atoms with Gasteiger partial charge in [0.05, 0.1) is 28.4 Å². The van der Waals surface area contributed by atoms with Crippen molar-refractivity contribution in [1.82, 2.24) is 10.7 Å². The highest BCUT2D eigenvalue weighted by Crippen LogP contribution is 2.36. The Morgan fingerprint density at radius 1 is 1.15 bits per heavy atom. The van der Waals surface area contributed by atoms with Gasteiger partial charge >= 0.3 is 0 Å². The van der Waals surface area contributed by atoms with Crippen LogP contribution in [0.3, 0.4) is 0 Å². The van der Waals surface area contributed by atoms with Gasteiger partial charge in [0.15, 0.2) is 16.6 Å². The summed E-state index contributed by atoms with van der Waals surface area (Å²) in [6, 6.07) is 8.76. The van der Waals surface area contributed by atoms with Gasteiger partial charge in [-0.15, -0.1) is 0 Å². The van der Waals surface area contributed by atoms with E-state index >= 15 is 0 Å². The van der Waals surface area contributed by atoms with Crippen molar-refractivity contribution in [1.29, 1.82) is 0 Å². The molecule has 2 rings (SSSR count). The lowest BCUT2D eigenvalue weighted by molar-refractivity contribution is 0.284. The number of halogens is 3. The molecule has 9 heteroatoms. The first-order chi connectivity index (χ1) is 12.9. The Hall–Kier alpha value is -1.73. The monoisotopic (exact) mass is 445 g/mol. The number of benzene rings is 2. The lowest BCUT2D eigenvalue weighted by Crippen LogP contribution is -2.31. The maximum atomic E-state index is 6.35. The summed E-state index contributed by atoms with van der Waals surface area (Å²) < 4.78 is 11.2. The number of nitrogens with one attached hydrogen (secondary N) is 2. The molecule has 2 aromatic carbocycles. The molecule has 2 aromatic rings. The highest BCUT2D eigenvalue weighted by molar-refractivity contribution is 7.80. The summed E-state index contributed by atoms with van der Waals surface area (Å²) in [7, 11) is 1.54. The van der Waals surface area contributed by atoms with Crippen LogP contribution in [0.2, 0.25) is 15.1 Å². The third kappa shape index (κ3) is 6.43. The second-order valence-corrected chi connectivity index (χ2v) is 6.93. The zero-order valence-corrected chi connectivity index (χ0v) is 17.8. The minimum Gasteiger partial charge on any atom is -0.493 e. The third-order valence-electron chi connectivity index (χ3n) is 3.34. The minimum atomic E-state index is 0.263. The van der Waals surface area contributed by atoms with Gasteiger partial charge in [-0.25, -0.2) is 0 Å². The first-order valence-corrected chi connectivity index (χ1v) is 9.50. The average molecular weight is 447 g/mol. The molecule has 0 aromatic heterocycles. The van der Waals surface area contributed by atoms with Crippen LogP contribution in [0.15, 0.2) is 35.4 Å². The van der Waals surface area contributed by atoms with Crippen LogP contribution in [-0.2, 0) is 6.61 Å². The van der Waals surface area contributed by atoms with Gasteiger partial charge < -0.3 is 14.8 Å². The molecule has 2 N–H and O–H groups in total. The van der Waals surface area contributed by atoms with E-state index < -0.39 is 0 Å². The van der Waals surface area contributed by atoms with Crippen LogP contribution in [0.4, 0.5) is 0 Å². The molecule has 0 aliphatic carbocycles. The van der Waals surface area contributed by atoms with Gasteiger partial charge in [-0.2, -0.15) is 5.10 Å². The maximum absolute atomic E-state index is 6.35. The molecule has 5 nitrogen and oxygen atoms in total. The molecule has 0 aliphatic heterocycles. The summed E-state index contributed by atoms with van der Waals surface area (Å²) in [6.07, 6.45) is 1.58. The molecule has 0 fully saturated rings. The summed E-state index contributed by atoms with van der Waals surface area (Å²) in [5.41, 5.74) is 4.29. The molecule has 0 saturated carbocycles. The molecule has 0 atom stereocenters. The Morgan fingerprint density at radius 2 is 1.93 bits per heavy atom. The van der Waals surface area contributed by atoms with Gasteiger partial charge in [-0.3, -0.25) is 5.43 Å². The predicted molar refractivity (Wildman–Crippen MR) is 116 cm³/mol.